The predicted molar refractivity (Wildman–Crippen MR) is 101 cm³/mol. The lowest BCUT2D eigenvalue weighted by Gasteiger charge is -2.21. The van der Waals surface area contributed by atoms with Crippen molar-refractivity contribution in [3.63, 3.8) is 0 Å². The topological polar surface area (TPSA) is 102 Å². The Morgan fingerprint density at radius 1 is 1.39 bits per heavy atom. The van der Waals surface area contributed by atoms with Crippen LogP contribution in [0.15, 0.2) is 24.5 Å². The van der Waals surface area contributed by atoms with Gasteiger partial charge in [0.2, 0.25) is 10.0 Å². The standard InChI is InChI=1S/C17H20ClFN4O4S/c1-11-8-20-23(9-11)13-6-14(16(19)15(18)7-13)17(24)21-22-28(25,26)10-12-2-4-27-5-3-12/h6-9,12,22H,2-5,10H2,1H3,(H,21,24). The molecule has 1 aromatic heterocycles. The molecule has 0 aliphatic carbocycles. The number of ether oxygens (including phenoxy) is 1. The van der Waals surface area contributed by atoms with Crippen molar-refractivity contribution in [2.24, 2.45) is 5.92 Å². The van der Waals surface area contributed by atoms with E-state index in [4.69, 9.17) is 16.3 Å². The van der Waals surface area contributed by atoms with E-state index >= 15 is 0 Å². The molecule has 8 nitrogen and oxygen atoms in total. The predicted octanol–water partition coefficient (Wildman–Crippen LogP) is 1.96. The first-order valence-corrected chi connectivity index (χ1v) is 10.7. The summed E-state index contributed by atoms with van der Waals surface area (Å²) in [5.74, 6) is -2.11. The first-order chi connectivity index (χ1) is 13.2. The summed E-state index contributed by atoms with van der Waals surface area (Å²) in [6.07, 6.45) is 4.54. The number of aromatic nitrogens is 2. The number of halogens is 2. The zero-order valence-corrected chi connectivity index (χ0v) is 16.7. The number of aryl methyl sites for hydroxylation is 1. The van der Waals surface area contributed by atoms with Crippen LogP contribution in [-0.2, 0) is 14.8 Å². The number of rotatable bonds is 6. The lowest BCUT2D eigenvalue weighted by Crippen LogP contribution is -2.44. The van der Waals surface area contributed by atoms with Gasteiger partial charge in [0.05, 0.1) is 28.2 Å². The number of hydrazine groups is 1. The van der Waals surface area contributed by atoms with E-state index in [9.17, 15) is 17.6 Å². The summed E-state index contributed by atoms with van der Waals surface area (Å²) in [5.41, 5.74) is 2.88. The number of carbonyl (C=O) groups is 1. The van der Waals surface area contributed by atoms with Gasteiger partial charge in [-0.25, -0.2) is 17.5 Å². The molecule has 1 aromatic carbocycles. The Morgan fingerprint density at radius 2 is 2.11 bits per heavy atom. The van der Waals surface area contributed by atoms with E-state index in [2.05, 4.69) is 5.10 Å². The van der Waals surface area contributed by atoms with Crippen LogP contribution in [0.25, 0.3) is 5.69 Å². The molecule has 0 radical (unpaired) electrons. The van der Waals surface area contributed by atoms with Crippen LogP contribution in [0.5, 0.6) is 0 Å². The molecule has 0 saturated carbocycles. The first kappa shape index (κ1) is 20.7. The fourth-order valence-corrected chi connectivity index (χ4v) is 4.38. The Labute approximate surface area is 167 Å². The van der Waals surface area contributed by atoms with Crippen LogP contribution in [0, 0.1) is 18.7 Å². The van der Waals surface area contributed by atoms with E-state index in [0.29, 0.717) is 31.7 Å². The average molecular weight is 431 g/mol. The number of hydrogen-bond donors (Lipinski definition) is 2. The normalized spacial score (nSPS) is 15.5. The van der Waals surface area contributed by atoms with Crippen molar-refractivity contribution in [1.82, 2.24) is 20.0 Å². The highest BCUT2D eigenvalue weighted by Gasteiger charge is 2.23. The summed E-state index contributed by atoms with van der Waals surface area (Å²) in [7, 11) is -3.78. The van der Waals surface area contributed by atoms with Crippen LogP contribution in [0.2, 0.25) is 5.02 Å². The zero-order valence-electron chi connectivity index (χ0n) is 15.1. The molecule has 2 N–H and O–H groups in total. The minimum Gasteiger partial charge on any atom is -0.381 e. The number of nitrogens with zero attached hydrogens (tertiary/aromatic N) is 2. The SMILES string of the molecule is Cc1cnn(-c2cc(Cl)c(F)c(C(=O)NNS(=O)(=O)CC3CCOCC3)c2)c1. The van der Waals surface area contributed by atoms with Gasteiger partial charge in [0.15, 0.2) is 5.82 Å². The molecular formula is C17H20ClFN4O4S. The van der Waals surface area contributed by atoms with Gasteiger partial charge in [0, 0.05) is 19.4 Å². The van der Waals surface area contributed by atoms with Gasteiger partial charge in [-0.3, -0.25) is 10.2 Å². The minimum absolute atomic E-state index is 0.0549. The first-order valence-electron chi connectivity index (χ1n) is 8.63. The van der Waals surface area contributed by atoms with E-state index in [1.54, 1.807) is 12.4 Å². The highest BCUT2D eigenvalue weighted by molar-refractivity contribution is 7.89. The molecule has 0 unspecified atom stereocenters. The Hall–Kier alpha value is -2.01. The number of amides is 1. The monoisotopic (exact) mass is 430 g/mol. The van der Waals surface area contributed by atoms with Crippen LogP contribution < -0.4 is 10.3 Å². The van der Waals surface area contributed by atoms with Crippen molar-refractivity contribution >= 4 is 27.5 Å². The van der Waals surface area contributed by atoms with E-state index in [1.165, 1.54) is 16.8 Å². The van der Waals surface area contributed by atoms with Crippen LogP contribution in [-0.4, -0.2) is 43.1 Å². The van der Waals surface area contributed by atoms with Gasteiger partial charge in [-0.2, -0.15) is 5.10 Å². The lowest BCUT2D eigenvalue weighted by molar-refractivity contribution is 0.0722. The molecule has 0 bridgehead atoms. The molecule has 2 heterocycles. The summed E-state index contributed by atoms with van der Waals surface area (Å²) < 4.78 is 45.3. The minimum atomic E-state index is -3.78. The number of sulfonamides is 1. The molecule has 0 spiro atoms. The fraction of sp³-hybridized carbons (Fsp3) is 0.412. The molecule has 1 aliphatic heterocycles. The molecule has 0 atom stereocenters. The van der Waals surface area contributed by atoms with Crippen molar-refractivity contribution in [2.75, 3.05) is 19.0 Å². The third-order valence-corrected chi connectivity index (χ3v) is 5.95. The Balaban J connectivity index is 1.72. The average Bonchev–Trinajstić information content (AvgIpc) is 3.09. The fourth-order valence-electron chi connectivity index (χ4n) is 2.88. The quantitative estimate of drug-likeness (QED) is 0.682. The summed E-state index contributed by atoms with van der Waals surface area (Å²) in [6, 6.07) is 2.57. The Kier molecular flexibility index (Phi) is 6.33. The maximum absolute atomic E-state index is 14.3. The molecular weight excluding hydrogens is 411 g/mol. The number of benzene rings is 1. The second-order valence-corrected chi connectivity index (χ2v) is 8.82. The Bertz CT molecular complexity index is 974. The van der Waals surface area contributed by atoms with E-state index in [0.717, 1.165) is 5.56 Å². The van der Waals surface area contributed by atoms with Crippen molar-refractivity contribution in [1.29, 1.82) is 0 Å². The van der Waals surface area contributed by atoms with E-state index in [1.807, 2.05) is 17.2 Å². The summed E-state index contributed by atoms with van der Waals surface area (Å²) in [4.78, 5) is 14.4. The number of nitrogens with one attached hydrogen (secondary N) is 2. The van der Waals surface area contributed by atoms with Crippen LogP contribution in [0.4, 0.5) is 4.39 Å². The molecule has 152 valence electrons. The molecule has 2 aromatic rings. The Morgan fingerprint density at radius 3 is 2.75 bits per heavy atom. The molecule has 1 amide bonds. The second kappa shape index (κ2) is 8.56. The molecule has 28 heavy (non-hydrogen) atoms. The summed E-state index contributed by atoms with van der Waals surface area (Å²) in [6.45, 7) is 2.85. The highest BCUT2D eigenvalue weighted by Crippen LogP contribution is 2.23. The summed E-state index contributed by atoms with van der Waals surface area (Å²) in [5, 5.41) is 3.81. The molecule has 1 aliphatic rings. The van der Waals surface area contributed by atoms with Crippen molar-refractivity contribution < 1.29 is 22.3 Å². The zero-order chi connectivity index (χ0) is 20.3. The van der Waals surface area contributed by atoms with Crippen molar-refractivity contribution in [3.8, 4) is 5.69 Å². The number of hydrogen-bond acceptors (Lipinski definition) is 5. The molecule has 1 saturated heterocycles. The molecule has 11 heteroatoms. The van der Waals surface area contributed by atoms with Crippen molar-refractivity contribution in [2.45, 2.75) is 19.8 Å². The van der Waals surface area contributed by atoms with E-state index < -0.39 is 27.3 Å². The van der Waals surface area contributed by atoms with Gasteiger partial charge in [-0.15, -0.1) is 4.83 Å². The number of carbonyl (C=O) groups excluding carboxylic acids is 1. The largest absolute Gasteiger partial charge is 0.381 e. The smallest absolute Gasteiger partial charge is 0.269 e. The lowest BCUT2D eigenvalue weighted by atomic mass is 10.0. The van der Waals surface area contributed by atoms with Crippen LogP contribution >= 0.6 is 11.6 Å². The third kappa shape index (κ3) is 5.07. The van der Waals surface area contributed by atoms with Gasteiger partial charge >= 0.3 is 0 Å². The van der Waals surface area contributed by atoms with Gasteiger partial charge in [-0.05, 0) is 43.4 Å². The second-order valence-electron chi connectivity index (χ2n) is 6.64. The maximum Gasteiger partial charge on any atom is 0.269 e. The third-order valence-electron chi connectivity index (χ3n) is 4.35. The molecule has 3 rings (SSSR count). The van der Waals surface area contributed by atoms with Gasteiger partial charge < -0.3 is 4.74 Å². The van der Waals surface area contributed by atoms with Crippen LogP contribution in [0.3, 0.4) is 0 Å². The van der Waals surface area contributed by atoms with Crippen LogP contribution in [0.1, 0.15) is 28.8 Å². The highest BCUT2D eigenvalue weighted by atomic mass is 35.5. The van der Waals surface area contributed by atoms with E-state index in [-0.39, 0.29) is 16.7 Å². The van der Waals surface area contributed by atoms with Gasteiger partial charge in [0.25, 0.3) is 5.91 Å². The maximum atomic E-state index is 14.3. The van der Waals surface area contributed by atoms with Crippen molar-refractivity contribution in [3.05, 3.63) is 46.5 Å². The van der Waals surface area contributed by atoms with Gasteiger partial charge in [0.1, 0.15) is 0 Å². The summed E-state index contributed by atoms with van der Waals surface area (Å²) >= 11 is 5.89. The van der Waals surface area contributed by atoms with Gasteiger partial charge in [-0.1, -0.05) is 11.6 Å². The molecule has 1 fully saturated rings.